The Morgan fingerprint density at radius 2 is 2.15 bits per heavy atom. The maximum atomic E-state index is 11.6. The second-order valence-electron chi connectivity index (χ2n) is 5.56. The first kappa shape index (κ1) is 19.9. The molecule has 0 aliphatic heterocycles. The van der Waals surface area contributed by atoms with Gasteiger partial charge in [0, 0.05) is 27.0 Å². The van der Waals surface area contributed by atoms with E-state index in [0.717, 1.165) is 44.9 Å². The van der Waals surface area contributed by atoms with Crippen LogP contribution in [0.25, 0.3) is 17.4 Å². The van der Waals surface area contributed by atoms with Crippen LogP contribution in [-0.4, -0.2) is 26.3 Å². The molecule has 2 heterocycles. The van der Waals surface area contributed by atoms with Crippen molar-refractivity contribution < 1.29 is 14.3 Å². The normalized spacial score (nSPS) is 11.7. The summed E-state index contributed by atoms with van der Waals surface area (Å²) in [5.41, 5.74) is 0.867. The third-order valence-corrected chi connectivity index (χ3v) is 5.57. The highest BCUT2D eigenvalue weighted by Crippen LogP contribution is 2.33. The zero-order chi connectivity index (χ0) is 19.4. The zero-order valence-corrected chi connectivity index (χ0v) is 18.2. The van der Waals surface area contributed by atoms with E-state index < -0.39 is 5.97 Å². The van der Waals surface area contributed by atoms with Crippen molar-refractivity contribution in [1.82, 2.24) is 15.2 Å². The molecule has 1 aromatic carbocycles. The molecule has 0 amide bonds. The summed E-state index contributed by atoms with van der Waals surface area (Å²) in [5, 5.41) is 16.7. The van der Waals surface area contributed by atoms with E-state index in [9.17, 15) is 9.90 Å². The van der Waals surface area contributed by atoms with Gasteiger partial charge in [-0.2, -0.15) is 0 Å². The van der Waals surface area contributed by atoms with Crippen LogP contribution in [0.1, 0.15) is 24.9 Å². The average Bonchev–Trinajstić information content (AvgIpc) is 3.26. The molecule has 140 valence electrons. The number of halogens is 2. The number of hydrogen-bond acceptors (Lipinski definition) is 5. The van der Waals surface area contributed by atoms with Crippen molar-refractivity contribution in [1.29, 1.82) is 0 Å². The number of hydrogen-bond donors (Lipinski definition) is 2. The molecule has 0 aliphatic carbocycles. The molecule has 0 saturated carbocycles. The smallest absolute Gasteiger partial charge is 0.342 e. The number of thioether (sulfide) groups is 1. The van der Waals surface area contributed by atoms with Crippen molar-refractivity contribution in [3.63, 3.8) is 0 Å². The molecule has 3 aromatic rings. The first-order valence-electron chi connectivity index (χ1n) is 8.05. The molecule has 0 atom stereocenters. The minimum Gasteiger partial charge on any atom is -0.477 e. The van der Waals surface area contributed by atoms with Crippen molar-refractivity contribution in [3.8, 4) is 11.3 Å². The molecular weight excluding hydrogens is 498 g/mol. The number of carbonyl (C=O) groups is 1. The third kappa shape index (κ3) is 5.12. The van der Waals surface area contributed by atoms with Crippen LogP contribution >= 0.6 is 43.6 Å². The number of rotatable bonds is 7. The van der Waals surface area contributed by atoms with E-state index in [4.69, 9.17) is 4.42 Å². The first-order chi connectivity index (χ1) is 13.0. The quantitative estimate of drug-likeness (QED) is 0.309. The predicted molar refractivity (Wildman–Crippen MR) is 111 cm³/mol. The summed E-state index contributed by atoms with van der Waals surface area (Å²) >= 11 is 7.91. The number of nitrogens with zero attached hydrogens (tertiary/aromatic N) is 2. The number of carboxylic acid groups (broad SMARTS) is 1. The minimum atomic E-state index is -1.07. The standard InChI is InChI=1S/C18H15Br2N3O3S/c1-2-3-16-21-18(23-22-16)27-15(17(24)25)9-11-5-7-14(26-11)12-8-10(19)4-6-13(12)20/h4-9H,2-3H2,1H3,(H,24,25)(H,21,22,23)/b15-9+. The lowest BCUT2D eigenvalue weighted by molar-refractivity contribution is -0.131. The fourth-order valence-corrected chi connectivity index (χ4v) is 3.81. The summed E-state index contributed by atoms with van der Waals surface area (Å²) < 4.78 is 7.62. The van der Waals surface area contributed by atoms with Crippen molar-refractivity contribution in [2.24, 2.45) is 0 Å². The molecule has 9 heteroatoms. The van der Waals surface area contributed by atoms with Gasteiger partial charge in [0.25, 0.3) is 0 Å². The topological polar surface area (TPSA) is 92.0 Å². The number of aromatic amines is 1. The van der Waals surface area contributed by atoms with Gasteiger partial charge in [-0.3, -0.25) is 5.10 Å². The number of furan rings is 1. The van der Waals surface area contributed by atoms with Gasteiger partial charge < -0.3 is 9.52 Å². The first-order valence-corrected chi connectivity index (χ1v) is 10.5. The van der Waals surface area contributed by atoms with Crippen LogP contribution in [0.5, 0.6) is 0 Å². The number of nitrogens with one attached hydrogen (secondary N) is 1. The molecule has 0 aliphatic rings. The molecule has 2 aromatic heterocycles. The Kier molecular flexibility index (Phi) is 6.56. The Morgan fingerprint density at radius 3 is 2.89 bits per heavy atom. The molecule has 0 spiro atoms. The van der Waals surface area contributed by atoms with Gasteiger partial charge in [-0.25, -0.2) is 9.78 Å². The van der Waals surface area contributed by atoms with Gasteiger partial charge in [0.15, 0.2) is 0 Å². The number of benzene rings is 1. The summed E-state index contributed by atoms with van der Waals surface area (Å²) in [6.45, 7) is 2.04. The van der Waals surface area contributed by atoms with Gasteiger partial charge in [0.1, 0.15) is 22.3 Å². The van der Waals surface area contributed by atoms with Gasteiger partial charge in [-0.05, 0) is 48.5 Å². The second kappa shape index (κ2) is 8.90. The van der Waals surface area contributed by atoms with Gasteiger partial charge in [-0.1, -0.05) is 38.8 Å². The lowest BCUT2D eigenvalue weighted by Gasteiger charge is -2.02. The third-order valence-electron chi connectivity index (χ3n) is 3.50. The molecule has 0 fully saturated rings. The lowest BCUT2D eigenvalue weighted by Crippen LogP contribution is -1.97. The van der Waals surface area contributed by atoms with Crippen molar-refractivity contribution in [3.05, 3.63) is 55.8 Å². The molecule has 0 saturated heterocycles. The van der Waals surface area contributed by atoms with Gasteiger partial charge in [0.2, 0.25) is 5.16 Å². The Labute approximate surface area is 176 Å². The van der Waals surface area contributed by atoms with Gasteiger partial charge in [-0.15, -0.1) is 5.10 Å². The molecule has 2 N–H and O–H groups in total. The predicted octanol–water partition coefficient (Wildman–Crippen LogP) is 5.76. The van der Waals surface area contributed by atoms with E-state index in [1.807, 2.05) is 25.1 Å². The van der Waals surface area contributed by atoms with E-state index in [2.05, 4.69) is 47.0 Å². The molecule has 6 nitrogen and oxygen atoms in total. The van der Waals surface area contributed by atoms with Crippen molar-refractivity contribution in [2.75, 3.05) is 0 Å². The zero-order valence-electron chi connectivity index (χ0n) is 14.2. The lowest BCUT2D eigenvalue weighted by atomic mass is 10.2. The van der Waals surface area contributed by atoms with Crippen molar-refractivity contribution >= 4 is 55.7 Å². The highest BCUT2D eigenvalue weighted by atomic mass is 79.9. The molecule has 3 rings (SSSR count). The largest absolute Gasteiger partial charge is 0.477 e. The highest BCUT2D eigenvalue weighted by molar-refractivity contribution is 9.11. The van der Waals surface area contributed by atoms with E-state index in [-0.39, 0.29) is 4.91 Å². The van der Waals surface area contributed by atoms with Crippen LogP contribution < -0.4 is 0 Å². The maximum Gasteiger partial charge on any atom is 0.342 e. The SMILES string of the molecule is CCCc1nc(S/C(=C/c2ccc(-c3cc(Br)ccc3Br)o2)C(=O)O)n[nH]1. The fraction of sp³-hybridized carbons (Fsp3) is 0.167. The molecule has 0 bridgehead atoms. The Hall–Kier alpha value is -1.84. The van der Waals surface area contributed by atoms with Crippen LogP contribution in [0.3, 0.4) is 0 Å². The Bertz CT molecular complexity index is 997. The summed E-state index contributed by atoms with van der Waals surface area (Å²) in [7, 11) is 0. The average molecular weight is 513 g/mol. The fourth-order valence-electron chi connectivity index (χ4n) is 2.30. The number of aromatic nitrogens is 3. The van der Waals surface area contributed by atoms with Gasteiger partial charge in [0.05, 0.1) is 0 Å². The summed E-state index contributed by atoms with van der Waals surface area (Å²) in [4.78, 5) is 16.0. The van der Waals surface area contributed by atoms with Crippen LogP contribution in [0.2, 0.25) is 0 Å². The summed E-state index contributed by atoms with van der Waals surface area (Å²) in [6, 6.07) is 9.28. The van der Waals surface area contributed by atoms with Gasteiger partial charge >= 0.3 is 5.97 Å². The second-order valence-corrected chi connectivity index (χ2v) is 8.34. The van der Waals surface area contributed by atoms with Crippen LogP contribution in [-0.2, 0) is 11.2 Å². The van der Waals surface area contributed by atoms with Crippen LogP contribution in [0.4, 0.5) is 0 Å². The molecule has 0 unspecified atom stereocenters. The molecular formula is C18H15Br2N3O3S. The number of aryl methyl sites for hydroxylation is 1. The van der Waals surface area contributed by atoms with E-state index in [1.165, 1.54) is 6.08 Å². The van der Waals surface area contributed by atoms with Crippen LogP contribution in [0, 0.1) is 0 Å². The van der Waals surface area contributed by atoms with E-state index in [0.29, 0.717) is 16.7 Å². The van der Waals surface area contributed by atoms with Crippen molar-refractivity contribution in [2.45, 2.75) is 24.9 Å². The Balaban J connectivity index is 1.85. The monoisotopic (exact) mass is 511 g/mol. The molecule has 0 radical (unpaired) electrons. The van der Waals surface area contributed by atoms with E-state index in [1.54, 1.807) is 12.1 Å². The maximum absolute atomic E-state index is 11.6. The Morgan fingerprint density at radius 1 is 1.33 bits per heavy atom. The minimum absolute atomic E-state index is 0.0752. The summed E-state index contributed by atoms with van der Waals surface area (Å²) in [6.07, 6.45) is 3.17. The number of aliphatic carboxylic acids is 1. The van der Waals surface area contributed by atoms with E-state index >= 15 is 0 Å². The number of carboxylic acids is 1. The number of H-pyrrole nitrogens is 1. The van der Waals surface area contributed by atoms with Crippen LogP contribution in [0.15, 0.2) is 53.8 Å². The highest BCUT2D eigenvalue weighted by Gasteiger charge is 2.15. The summed E-state index contributed by atoms with van der Waals surface area (Å²) in [5.74, 6) is 0.742. The molecule has 27 heavy (non-hydrogen) atoms.